The first kappa shape index (κ1) is 12.4. The van der Waals surface area contributed by atoms with Gasteiger partial charge in [-0.15, -0.1) is 11.3 Å². The van der Waals surface area contributed by atoms with Crippen molar-refractivity contribution in [1.29, 1.82) is 0 Å². The first-order valence-corrected chi connectivity index (χ1v) is 6.59. The fraction of sp³-hybridized carbons (Fsp3) is 0.583. The number of carbonyl (C=O) groups is 1. The second kappa shape index (κ2) is 4.66. The van der Waals surface area contributed by atoms with Crippen molar-refractivity contribution in [2.75, 3.05) is 18.8 Å². The summed E-state index contributed by atoms with van der Waals surface area (Å²) in [6, 6.07) is 1.77. The predicted octanol–water partition coefficient (Wildman–Crippen LogP) is 1.89. The van der Waals surface area contributed by atoms with Crippen molar-refractivity contribution in [3.63, 3.8) is 0 Å². The maximum Gasteiger partial charge on any atom is 0.264 e. The lowest BCUT2D eigenvalue weighted by atomic mass is 10.2. The highest BCUT2D eigenvalue weighted by Crippen LogP contribution is 2.25. The standard InChI is InChI=1S/C12H18N2O2S/c1-7-5-14(6-8(2)16-7)12(15)11-4-10(13)9(3)17-11/h4,7-8H,5-6,13H2,1-3H3/t7-,8+. The second-order valence-corrected chi connectivity index (χ2v) is 5.85. The van der Waals surface area contributed by atoms with Crippen LogP contribution in [0.5, 0.6) is 0 Å². The number of ether oxygens (including phenoxy) is 1. The van der Waals surface area contributed by atoms with Crippen molar-refractivity contribution < 1.29 is 9.53 Å². The highest BCUT2D eigenvalue weighted by Gasteiger charge is 2.27. The summed E-state index contributed by atoms with van der Waals surface area (Å²) in [6.07, 6.45) is 0.196. The Hall–Kier alpha value is -1.07. The lowest BCUT2D eigenvalue weighted by Gasteiger charge is -2.35. The molecule has 0 unspecified atom stereocenters. The quantitative estimate of drug-likeness (QED) is 0.832. The molecule has 0 saturated carbocycles. The minimum absolute atomic E-state index is 0.0665. The van der Waals surface area contributed by atoms with Crippen LogP contribution in [0.1, 0.15) is 28.4 Å². The lowest BCUT2D eigenvalue weighted by molar-refractivity contribution is -0.0585. The Kier molecular flexibility index (Phi) is 3.40. The molecule has 0 radical (unpaired) electrons. The SMILES string of the molecule is Cc1sc(C(=O)N2C[C@@H](C)O[C@@H](C)C2)cc1N. The molecule has 0 spiro atoms. The van der Waals surface area contributed by atoms with Gasteiger partial charge in [0.25, 0.3) is 5.91 Å². The molecule has 1 aromatic heterocycles. The summed E-state index contributed by atoms with van der Waals surface area (Å²) in [6.45, 7) is 7.22. The summed E-state index contributed by atoms with van der Waals surface area (Å²) in [5, 5.41) is 0. The first-order chi connectivity index (χ1) is 7.97. The number of thiophene rings is 1. The van der Waals surface area contributed by atoms with Crippen molar-refractivity contribution in [2.24, 2.45) is 0 Å². The third kappa shape index (κ3) is 2.61. The first-order valence-electron chi connectivity index (χ1n) is 5.78. The van der Waals surface area contributed by atoms with Crippen LogP contribution in [0.2, 0.25) is 0 Å². The monoisotopic (exact) mass is 254 g/mol. The summed E-state index contributed by atoms with van der Waals surface area (Å²) in [5.74, 6) is 0.0665. The maximum atomic E-state index is 12.3. The molecule has 94 valence electrons. The zero-order valence-electron chi connectivity index (χ0n) is 10.4. The molecule has 1 fully saturated rings. The van der Waals surface area contributed by atoms with E-state index in [0.29, 0.717) is 18.8 Å². The predicted molar refractivity (Wildman–Crippen MR) is 69.4 cm³/mol. The topological polar surface area (TPSA) is 55.6 Å². The Balaban J connectivity index is 2.14. The number of morpholine rings is 1. The third-order valence-electron chi connectivity index (χ3n) is 2.87. The molecular weight excluding hydrogens is 236 g/mol. The van der Waals surface area contributed by atoms with Crippen molar-refractivity contribution in [3.8, 4) is 0 Å². The van der Waals surface area contributed by atoms with Gasteiger partial charge in [0.15, 0.2) is 0 Å². The summed E-state index contributed by atoms with van der Waals surface area (Å²) in [7, 11) is 0. The van der Waals surface area contributed by atoms with E-state index in [-0.39, 0.29) is 18.1 Å². The van der Waals surface area contributed by atoms with Crippen LogP contribution in [0.4, 0.5) is 5.69 Å². The lowest BCUT2D eigenvalue weighted by Crippen LogP contribution is -2.48. The van der Waals surface area contributed by atoms with Gasteiger partial charge in [-0.2, -0.15) is 0 Å². The summed E-state index contributed by atoms with van der Waals surface area (Å²) < 4.78 is 5.62. The van der Waals surface area contributed by atoms with E-state index in [9.17, 15) is 4.79 Å². The number of nitrogens with zero attached hydrogens (tertiary/aromatic N) is 1. The van der Waals surface area contributed by atoms with Gasteiger partial charge in [-0.25, -0.2) is 0 Å². The summed E-state index contributed by atoms with van der Waals surface area (Å²) in [5.41, 5.74) is 6.48. The van der Waals surface area contributed by atoms with Gasteiger partial charge in [0.2, 0.25) is 0 Å². The molecule has 2 rings (SSSR count). The van der Waals surface area contributed by atoms with Crippen LogP contribution < -0.4 is 5.73 Å². The van der Waals surface area contributed by atoms with Crippen LogP contribution in [0.25, 0.3) is 0 Å². The maximum absolute atomic E-state index is 12.3. The molecule has 17 heavy (non-hydrogen) atoms. The van der Waals surface area contributed by atoms with E-state index in [4.69, 9.17) is 10.5 Å². The highest BCUT2D eigenvalue weighted by molar-refractivity contribution is 7.14. The normalized spacial score (nSPS) is 25.0. The number of aryl methyl sites for hydroxylation is 1. The molecule has 0 aliphatic carbocycles. The highest BCUT2D eigenvalue weighted by atomic mass is 32.1. The van der Waals surface area contributed by atoms with Gasteiger partial charge in [-0.3, -0.25) is 4.79 Å². The molecule has 4 nitrogen and oxygen atoms in total. The molecule has 2 atom stereocenters. The smallest absolute Gasteiger partial charge is 0.264 e. The Bertz CT molecular complexity index is 401. The van der Waals surface area contributed by atoms with Gasteiger partial charge in [-0.1, -0.05) is 0 Å². The van der Waals surface area contributed by atoms with Crippen molar-refractivity contribution in [3.05, 3.63) is 15.8 Å². The average molecular weight is 254 g/mol. The summed E-state index contributed by atoms with van der Waals surface area (Å²) >= 11 is 1.46. The molecule has 1 aromatic rings. The van der Waals surface area contributed by atoms with Crippen LogP contribution in [-0.2, 0) is 4.74 Å². The molecule has 0 aromatic carbocycles. The molecule has 1 saturated heterocycles. The number of nitrogens with two attached hydrogens (primary N) is 1. The zero-order chi connectivity index (χ0) is 12.6. The van der Waals surface area contributed by atoms with E-state index in [1.165, 1.54) is 11.3 Å². The number of hydrogen-bond acceptors (Lipinski definition) is 4. The van der Waals surface area contributed by atoms with Crippen molar-refractivity contribution in [2.45, 2.75) is 33.0 Å². The average Bonchev–Trinajstić information content (AvgIpc) is 2.57. The number of carbonyl (C=O) groups excluding carboxylic acids is 1. The number of anilines is 1. The Labute approximate surface area is 105 Å². The fourth-order valence-electron chi connectivity index (χ4n) is 2.10. The zero-order valence-corrected chi connectivity index (χ0v) is 11.2. The second-order valence-electron chi connectivity index (χ2n) is 4.59. The molecule has 5 heteroatoms. The van der Waals surface area contributed by atoms with Gasteiger partial charge in [0.05, 0.1) is 17.1 Å². The van der Waals surface area contributed by atoms with Gasteiger partial charge in [-0.05, 0) is 26.8 Å². The van der Waals surface area contributed by atoms with E-state index in [1.807, 2.05) is 25.7 Å². The number of amides is 1. The molecular formula is C12H18N2O2S. The molecule has 1 aliphatic heterocycles. The van der Waals surface area contributed by atoms with E-state index in [1.54, 1.807) is 6.07 Å². The minimum atomic E-state index is 0.0665. The van der Waals surface area contributed by atoms with Gasteiger partial charge < -0.3 is 15.4 Å². The fourth-order valence-corrected chi connectivity index (χ4v) is 3.01. The van der Waals surface area contributed by atoms with E-state index in [0.717, 1.165) is 9.75 Å². The molecule has 1 aliphatic rings. The minimum Gasteiger partial charge on any atom is -0.398 e. The van der Waals surface area contributed by atoms with E-state index < -0.39 is 0 Å². The van der Waals surface area contributed by atoms with E-state index in [2.05, 4.69) is 0 Å². The molecule has 2 N–H and O–H groups in total. The summed E-state index contributed by atoms with van der Waals surface area (Å²) in [4.78, 5) is 15.9. The Morgan fingerprint density at radius 3 is 2.53 bits per heavy atom. The van der Waals surface area contributed by atoms with Crippen LogP contribution in [0.3, 0.4) is 0 Å². The Morgan fingerprint density at radius 2 is 2.06 bits per heavy atom. The van der Waals surface area contributed by atoms with Gasteiger partial charge in [0, 0.05) is 23.7 Å². The van der Waals surface area contributed by atoms with Crippen LogP contribution in [0.15, 0.2) is 6.07 Å². The molecule has 2 heterocycles. The van der Waals surface area contributed by atoms with Crippen LogP contribution in [0, 0.1) is 6.92 Å². The van der Waals surface area contributed by atoms with Gasteiger partial charge in [0.1, 0.15) is 0 Å². The number of hydrogen-bond donors (Lipinski definition) is 1. The Morgan fingerprint density at radius 1 is 1.47 bits per heavy atom. The van der Waals surface area contributed by atoms with Crippen molar-refractivity contribution in [1.82, 2.24) is 4.90 Å². The largest absolute Gasteiger partial charge is 0.398 e. The molecule has 1 amide bonds. The van der Waals surface area contributed by atoms with Crippen LogP contribution >= 0.6 is 11.3 Å². The third-order valence-corrected chi connectivity index (χ3v) is 3.93. The molecule has 0 bridgehead atoms. The van der Waals surface area contributed by atoms with Gasteiger partial charge >= 0.3 is 0 Å². The number of nitrogen functional groups attached to an aromatic ring is 1. The number of rotatable bonds is 1. The van der Waals surface area contributed by atoms with Crippen LogP contribution in [-0.4, -0.2) is 36.1 Å². The van der Waals surface area contributed by atoms with E-state index >= 15 is 0 Å². The van der Waals surface area contributed by atoms with Crippen molar-refractivity contribution >= 4 is 22.9 Å².